The van der Waals surface area contributed by atoms with Crippen molar-refractivity contribution in [2.75, 3.05) is 40.9 Å². The van der Waals surface area contributed by atoms with Crippen molar-refractivity contribution < 1.29 is 4.74 Å². The van der Waals surface area contributed by atoms with Gasteiger partial charge in [-0.15, -0.1) is 11.3 Å². The van der Waals surface area contributed by atoms with Crippen LogP contribution in [0.3, 0.4) is 0 Å². The number of likely N-dealkylation sites (N-methyl/N-ethyl adjacent to an activating group) is 1. The number of ether oxygens (including phenoxy) is 1. The molecule has 2 heterocycles. The van der Waals surface area contributed by atoms with Crippen LogP contribution in [0.4, 0.5) is 0 Å². The molecule has 1 aliphatic heterocycles. The van der Waals surface area contributed by atoms with Gasteiger partial charge in [0.1, 0.15) is 0 Å². The van der Waals surface area contributed by atoms with Gasteiger partial charge >= 0.3 is 0 Å². The van der Waals surface area contributed by atoms with Crippen LogP contribution in [-0.2, 0) is 11.2 Å². The summed E-state index contributed by atoms with van der Waals surface area (Å²) < 4.78 is 5.54. The number of aryl methyl sites for hydroxylation is 1. The molecule has 6 heteroatoms. The monoisotopic (exact) mass is 352 g/mol. The third-order valence-electron chi connectivity index (χ3n) is 4.87. The van der Waals surface area contributed by atoms with Crippen LogP contribution in [0.25, 0.3) is 0 Å². The number of hydrogen-bond acceptors (Lipinski definition) is 4. The van der Waals surface area contributed by atoms with Crippen molar-refractivity contribution in [3.05, 3.63) is 21.9 Å². The highest BCUT2D eigenvalue weighted by molar-refractivity contribution is 7.11. The van der Waals surface area contributed by atoms with Crippen LogP contribution in [0.15, 0.2) is 17.1 Å². The summed E-state index contributed by atoms with van der Waals surface area (Å²) in [6, 6.07) is 4.75. The second-order valence-corrected chi connectivity index (χ2v) is 8.29. The molecule has 1 aromatic rings. The van der Waals surface area contributed by atoms with E-state index in [0.717, 1.165) is 45.0 Å². The van der Waals surface area contributed by atoms with Gasteiger partial charge in [0.25, 0.3) is 0 Å². The third kappa shape index (κ3) is 5.19. The van der Waals surface area contributed by atoms with Crippen molar-refractivity contribution in [3.63, 3.8) is 0 Å². The van der Waals surface area contributed by atoms with Crippen molar-refractivity contribution in [1.29, 1.82) is 0 Å². The quantitative estimate of drug-likeness (QED) is 0.609. The largest absolute Gasteiger partial charge is 0.381 e. The van der Waals surface area contributed by atoms with Crippen LogP contribution in [0.1, 0.15) is 29.5 Å². The molecular weight excluding hydrogens is 320 g/mol. The fourth-order valence-corrected chi connectivity index (χ4v) is 4.18. The molecule has 1 unspecified atom stereocenters. The number of guanidine groups is 1. The Labute approximate surface area is 150 Å². The smallest absolute Gasteiger partial charge is 0.191 e. The number of thiophene rings is 1. The Bertz CT molecular complexity index is 535. The first kappa shape index (κ1) is 19.2. The first-order valence-corrected chi connectivity index (χ1v) is 9.54. The molecule has 136 valence electrons. The predicted octanol–water partition coefficient (Wildman–Crippen LogP) is 2.26. The van der Waals surface area contributed by atoms with Crippen LogP contribution in [0.2, 0.25) is 0 Å². The lowest BCUT2D eigenvalue weighted by Crippen LogP contribution is -2.57. The van der Waals surface area contributed by atoms with E-state index in [2.05, 4.69) is 60.6 Å². The SMILES string of the molecule is CN=C(NCC1(N(C)C)CCOCC1)NC(C)Cc1ccc(C)s1. The molecule has 1 aliphatic rings. The summed E-state index contributed by atoms with van der Waals surface area (Å²) in [4.78, 5) is 9.51. The molecule has 0 bridgehead atoms. The summed E-state index contributed by atoms with van der Waals surface area (Å²) >= 11 is 1.87. The molecular formula is C18H32N4OS. The van der Waals surface area contributed by atoms with Gasteiger partial charge in [-0.25, -0.2) is 0 Å². The normalized spacial score (nSPS) is 19.3. The summed E-state index contributed by atoms with van der Waals surface area (Å²) in [5.41, 5.74) is 0.143. The number of aliphatic imine (C=N–C) groups is 1. The van der Waals surface area contributed by atoms with E-state index in [1.807, 2.05) is 18.4 Å². The number of nitrogens with zero attached hydrogens (tertiary/aromatic N) is 2. The summed E-state index contributed by atoms with van der Waals surface area (Å²) in [6.07, 6.45) is 3.12. The van der Waals surface area contributed by atoms with E-state index in [-0.39, 0.29) is 5.54 Å². The predicted molar refractivity (Wildman–Crippen MR) is 103 cm³/mol. The Morgan fingerprint density at radius 1 is 1.38 bits per heavy atom. The van der Waals surface area contributed by atoms with E-state index in [1.54, 1.807) is 0 Å². The average Bonchev–Trinajstić information content (AvgIpc) is 2.97. The van der Waals surface area contributed by atoms with Crippen molar-refractivity contribution >= 4 is 17.3 Å². The highest BCUT2D eigenvalue weighted by Gasteiger charge is 2.34. The number of nitrogens with one attached hydrogen (secondary N) is 2. The Hall–Kier alpha value is -1.11. The molecule has 1 aromatic heterocycles. The first-order valence-electron chi connectivity index (χ1n) is 8.73. The topological polar surface area (TPSA) is 48.9 Å². The van der Waals surface area contributed by atoms with Crippen LogP contribution in [0, 0.1) is 6.92 Å². The first-order chi connectivity index (χ1) is 11.4. The van der Waals surface area contributed by atoms with E-state index in [4.69, 9.17) is 4.74 Å². The van der Waals surface area contributed by atoms with Gasteiger partial charge in [0.15, 0.2) is 5.96 Å². The second-order valence-electron chi connectivity index (χ2n) is 6.92. The lowest BCUT2D eigenvalue weighted by Gasteiger charge is -2.43. The lowest BCUT2D eigenvalue weighted by molar-refractivity contribution is -0.00502. The lowest BCUT2D eigenvalue weighted by atomic mass is 9.88. The van der Waals surface area contributed by atoms with Gasteiger partial charge in [0.2, 0.25) is 0 Å². The van der Waals surface area contributed by atoms with Crippen molar-refractivity contribution in [1.82, 2.24) is 15.5 Å². The maximum absolute atomic E-state index is 5.54. The molecule has 1 fully saturated rings. The van der Waals surface area contributed by atoms with Crippen molar-refractivity contribution in [3.8, 4) is 0 Å². The minimum atomic E-state index is 0.143. The fourth-order valence-electron chi connectivity index (χ4n) is 3.16. The highest BCUT2D eigenvalue weighted by atomic mass is 32.1. The summed E-state index contributed by atoms with van der Waals surface area (Å²) in [5.74, 6) is 0.878. The van der Waals surface area contributed by atoms with E-state index in [0.29, 0.717) is 6.04 Å². The zero-order valence-electron chi connectivity index (χ0n) is 15.7. The standard InChI is InChI=1S/C18H32N4OS/c1-14(12-16-7-6-15(2)24-16)21-17(19-3)20-13-18(22(4)5)8-10-23-11-9-18/h6-7,14H,8-13H2,1-5H3,(H2,19,20,21). The minimum absolute atomic E-state index is 0.143. The molecule has 2 N–H and O–H groups in total. The maximum Gasteiger partial charge on any atom is 0.191 e. The molecule has 0 aliphatic carbocycles. The fraction of sp³-hybridized carbons (Fsp3) is 0.722. The van der Waals surface area contributed by atoms with Crippen LogP contribution in [-0.4, -0.2) is 63.3 Å². The zero-order chi connectivity index (χ0) is 17.6. The molecule has 0 saturated carbocycles. The van der Waals surface area contributed by atoms with E-state index >= 15 is 0 Å². The summed E-state index contributed by atoms with van der Waals surface area (Å²) in [7, 11) is 6.15. The molecule has 1 atom stereocenters. The zero-order valence-corrected chi connectivity index (χ0v) is 16.5. The van der Waals surface area contributed by atoms with Crippen molar-refractivity contribution in [2.24, 2.45) is 4.99 Å². The van der Waals surface area contributed by atoms with Gasteiger partial charge in [-0.2, -0.15) is 0 Å². The van der Waals surface area contributed by atoms with Gasteiger partial charge in [-0.1, -0.05) is 0 Å². The minimum Gasteiger partial charge on any atom is -0.381 e. The van der Waals surface area contributed by atoms with Crippen LogP contribution in [0.5, 0.6) is 0 Å². The number of rotatable bonds is 6. The van der Waals surface area contributed by atoms with E-state index in [9.17, 15) is 0 Å². The Kier molecular flexibility index (Phi) is 7.07. The summed E-state index contributed by atoms with van der Waals surface area (Å²) in [5, 5.41) is 7.04. The van der Waals surface area contributed by atoms with Gasteiger partial charge in [0.05, 0.1) is 0 Å². The highest BCUT2D eigenvalue weighted by Crippen LogP contribution is 2.25. The van der Waals surface area contributed by atoms with Gasteiger partial charge in [0, 0.05) is 54.6 Å². The molecule has 5 nitrogen and oxygen atoms in total. The second kappa shape index (κ2) is 8.83. The Morgan fingerprint density at radius 2 is 2.08 bits per heavy atom. The Balaban J connectivity index is 1.87. The molecule has 0 spiro atoms. The van der Waals surface area contributed by atoms with Gasteiger partial charge in [-0.3, -0.25) is 4.99 Å². The number of hydrogen-bond donors (Lipinski definition) is 2. The van der Waals surface area contributed by atoms with Gasteiger partial charge in [-0.05, 0) is 52.9 Å². The van der Waals surface area contributed by atoms with Crippen LogP contribution < -0.4 is 10.6 Å². The summed E-state index contributed by atoms with van der Waals surface area (Å²) in [6.45, 7) is 6.91. The molecule has 2 rings (SSSR count). The molecule has 0 radical (unpaired) electrons. The molecule has 1 saturated heterocycles. The molecule has 24 heavy (non-hydrogen) atoms. The van der Waals surface area contributed by atoms with Crippen LogP contribution >= 0.6 is 11.3 Å². The maximum atomic E-state index is 5.54. The third-order valence-corrected chi connectivity index (χ3v) is 5.89. The van der Waals surface area contributed by atoms with Gasteiger partial charge < -0.3 is 20.3 Å². The van der Waals surface area contributed by atoms with E-state index < -0.39 is 0 Å². The van der Waals surface area contributed by atoms with Crippen molar-refractivity contribution in [2.45, 2.75) is 44.7 Å². The molecule has 0 aromatic carbocycles. The average molecular weight is 353 g/mol. The Morgan fingerprint density at radius 3 is 2.62 bits per heavy atom. The molecule has 0 amide bonds. The van der Waals surface area contributed by atoms with E-state index in [1.165, 1.54) is 9.75 Å².